The molecule has 0 aliphatic carbocycles. The number of carbonyl (C=O) groups is 1. The number of hydrogen-bond acceptors (Lipinski definition) is 6. The Hall–Kier alpha value is -3.52. The average Bonchev–Trinajstić information content (AvgIpc) is 3.37. The SMILES string of the molecule is COc1cc(C2c3c(oc4cc(C)cc(C)c4c3=O)C(=O)N2Cc2ccco2)cc(Br)c1O. The van der Waals surface area contributed by atoms with Crippen molar-refractivity contribution in [2.24, 2.45) is 0 Å². The molecule has 2 aromatic carbocycles. The molecule has 1 N–H and O–H groups in total. The highest BCUT2D eigenvalue weighted by atomic mass is 79.9. The molecule has 0 saturated heterocycles. The van der Waals surface area contributed by atoms with Crippen LogP contribution in [-0.2, 0) is 6.54 Å². The second-order valence-corrected chi connectivity index (χ2v) is 8.95. The maximum absolute atomic E-state index is 13.8. The van der Waals surface area contributed by atoms with Gasteiger partial charge in [0.25, 0.3) is 5.91 Å². The number of methoxy groups -OCH3 is 1. The normalized spacial score (nSPS) is 15.3. The van der Waals surface area contributed by atoms with Gasteiger partial charge in [0.1, 0.15) is 11.3 Å². The number of nitrogens with zero attached hydrogens (tertiary/aromatic N) is 1. The van der Waals surface area contributed by atoms with Gasteiger partial charge in [0, 0.05) is 0 Å². The molecule has 3 heterocycles. The van der Waals surface area contributed by atoms with Gasteiger partial charge in [-0.15, -0.1) is 0 Å². The number of aryl methyl sites for hydroxylation is 2. The van der Waals surface area contributed by atoms with Gasteiger partial charge in [-0.25, -0.2) is 0 Å². The number of benzene rings is 2. The average molecular weight is 510 g/mol. The molecular weight excluding hydrogens is 490 g/mol. The smallest absolute Gasteiger partial charge is 0.291 e. The van der Waals surface area contributed by atoms with Gasteiger partial charge in [0.2, 0.25) is 5.76 Å². The summed E-state index contributed by atoms with van der Waals surface area (Å²) in [4.78, 5) is 28.9. The third-order valence-electron chi connectivity index (χ3n) is 5.90. The molecular formula is C25H20BrNO6. The van der Waals surface area contributed by atoms with Crippen LogP contribution in [0.15, 0.2) is 60.8 Å². The minimum absolute atomic E-state index is 0.0113. The van der Waals surface area contributed by atoms with Gasteiger partial charge >= 0.3 is 0 Å². The fourth-order valence-corrected chi connectivity index (χ4v) is 4.96. The molecule has 1 unspecified atom stereocenters. The van der Waals surface area contributed by atoms with Crippen molar-refractivity contribution in [2.45, 2.75) is 26.4 Å². The summed E-state index contributed by atoms with van der Waals surface area (Å²) in [5, 5.41) is 10.7. The Morgan fingerprint density at radius 3 is 2.67 bits per heavy atom. The molecule has 8 heteroatoms. The van der Waals surface area contributed by atoms with E-state index in [0.717, 1.165) is 11.1 Å². The number of furan rings is 1. The fraction of sp³-hybridized carbons (Fsp3) is 0.200. The number of aromatic hydroxyl groups is 1. The summed E-state index contributed by atoms with van der Waals surface area (Å²) in [6.07, 6.45) is 1.53. The fourth-order valence-electron chi connectivity index (χ4n) is 4.50. The Balaban J connectivity index is 1.80. The Bertz CT molecular complexity index is 1470. The zero-order valence-corrected chi connectivity index (χ0v) is 19.7. The molecule has 7 nitrogen and oxygen atoms in total. The molecule has 2 aromatic heterocycles. The summed E-state index contributed by atoms with van der Waals surface area (Å²) in [5.74, 6) is 0.315. The van der Waals surface area contributed by atoms with E-state index in [0.29, 0.717) is 26.8 Å². The van der Waals surface area contributed by atoms with Gasteiger partial charge in [-0.1, -0.05) is 6.07 Å². The molecule has 5 rings (SSSR count). The number of ether oxygens (including phenoxy) is 1. The van der Waals surface area contributed by atoms with Crippen LogP contribution in [0.25, 0.3) is 11.0 Å². The minimum atomic E-state index is -0.759. The number of carbonyl (C=O) groups excluding carboxylic acids is 1. The van der Waals surface area contributed by atoms with Gasteiger partial charge in [-0.3, -0.25) is 9.59 Å². The zero-order chi connectivity index (χ0) is 23.4. The van der Waals surface area contributed by atoms with Crippen molar-refractivity contribution in [3.63, 3.8) is 0 Å². The highest BCUT2D eigenvalue weighted by Gasteiger charge is 2.43. The molecule has 1 atom stereocenters. The van der Waals surface area contributed by atoms with Crippen LogP contribution in [0.4, 0.5) is 0 Å². The van der Waals surface area contributed by atoms with Gasteiger partial charge in [-0.2, -0.15) is 0 Å². The predicted molar refractivity (Wildman–Crippen MR) is 125 cm³/mol. The first-order valence-corrected chi connectivity index (χ1v) is 11.1. The molecule has 0 bridgehead atoms. The lowest BCUT2D eigenvalue weighted by molar-refractivity contribution is 0.0701. The van der Waals surface area contributed by atoms with Gasteiger partial charge in [-0.05, 0) is 76.8 Å². The number of fused-ring (bicyclic) bond motifs is 2. The molecule has 0 spiro atoms. The van der Waals surface area contributed by atoms with Crippen LogP contribution < -0.4 is 10.2 Å². The van der Waals surface area contributed by atoms with E-state index in [4.69, 9.17) is 13.6 Å². The summed E-state index contributed by atoms with van der Waals surface area (Å²) in [6.45, 7) is 3.90. The second-order valence-electron chi connectivity index (χ2n) is 8.10. The molecule has 1 amide bonds. The lowest BCUT2D eigenvalue weighted by Gasteiger charge is -2.25. The monoisotopic (exact) mass is 509 g/mol. The highest BCUT2D eigenvalue weighted by Crippen LogP contribution is 2.44. The molecule has 168 valence electrons. The van der Waals surface area contributed by atoms with E-state index in [-0.39, 0.29) is 34.8 Å². The van der Waals surface area contributed by atoms with Crippen molar-refractivity contribution >= 4 is 32.8 Å². The van der Waals surface area contributed by atoms with Crippen LogP contribution in [0.5, 0.6) is 11.5 Å². The van der Waals surface area contributed by atoms with E-state index in [2.05, 4.69) is 15.9 Å². The zero-order valence-electron chi connectivity index (χ0n) is 18.1. The first kappa shape index (κ1) is 21.3. The highest BCUT2D eigenvalue weighted by molar-refractivity contribution is 9.10. The Labute approximate surface area is 197 Å². The maximum Gasteiger partial charge on any atom is 0.291 e. The number of halogens is 1. The molecule has 0 radical (unpaired) electrons. The number of rotatable bonds is 4. The molecule has 0 saturated carbocycles. The second kappa shape index (κ2) is 7.81. The summed E-state index contributed by atoms with van der Waals surface area (Å²) in [6, 6.07) is 9.71. The minimum Gasteiger partial charge on any atom is -0.503 e. The number of phenolic OH excluding ortho intramolecular Hbond substituents is 1. The van der Waals surface area contributed by atoms with Crippen molar-refractivity contribution in [1.29, 1.82) is 0 Å². The third kappa shape index (κ3) is 3.33. The number of hydrogen-bond donors (Lipinski definition) is 1. The number of amides is 1. The molecule has 33 heavy (non-hydrogen) atoms. The van der Waals surface area contributed by atoms with Crippen LogP contribution in [0.1, 0.15) is 44.6 Å². The van der Waals surface area contributed by atoms with E-state index in [1.165, 1.54) is 18.3 Å². The Kier molecular flexibility index (Phi) is 5.05. The summed E-state index contributed by atoms with van der Waals surface area (Å²) < 4.78 is 17.2. The van der Waals surface area contributed by atoms with Crippen molar-refractivity contribution in [3.8, 4) is 11.5 Å². The molecule has 1 aliphatic heterocycles. The van der Waals surface area contributed by atoms with Gasteiger partial charge in [0.05, 0.1) is 41.4 Å². The van der Waals surface area contributed by atoms with Crippen molar-refractivity contribution in [3.05, 3.63) is 91.1 Å². The van der Waals surface area contributed by atoms with E-state index >= 15 is 0 Å². The van der Waals surface area contributed by atoms with E-state index in [1.54, 1.807) is 30.3 Å². The molecule has 1 aliphatic rings. The lowest BCUT2D eigenvalue weighted by atomic mass is 9.96. The maximum atomic E-state index is 13.8. The summed E-state index contributed by atoms with van der Waals surface area (Å²) >= 11 is 3.34. The largest absolute Gasteiger partial charge is 0.503 e. The molecule has 0 fully saturated rings. The Morgan fingerprint density at radius 1 is 1.18 bits per heavy atom. The third-order valence-corrected chi connectivity index (χ3v) is 6.51. The van der Waals surface area contributed by atoms with Crippen LogP contribution >= 0.6 is 15.9 Å². The van der Waals surface area contributed by atoms with Crippen molar-refractivity contribution < 1.29 is 23.5 Å². The topological polar surface area (TPSA) is 93.1 Å². The standard InChI is InChI=1S/C25H20BrNO6/c1-12-7-13(2)19-17(8-12)33-24-20(23(19)29)21(14-9-16(26)22(28)18(10-14)31-3)27(25(24)30)11-15-5-4-6-32-15/h4-10,21,28H,11H2,1-3H3. The summed E-state index contributed by atoms with van der Waals surface area (Å²) in [5.41, 5.74) is 2.68. The van der Waals surface area contributed by atoms with Crippen LogP contribution in [0, 0.1) is 13.8 Å². The van der Waals surface area contributed by atoms with Crippen LogP contribution in [0.3, 0.4) is 0 Å². The number of phenols is 1. The van der Waals surface area contributed by atoms with E-state index < -0.39 is 11.9 Å². The van der Waals surface area contributed by atoms with Crippen LogP contribution in [-0.4, -0.2) is 23.0 Å². The first-order valence-electron chi connectivity index (χ1n) is 10.3. The van der Waals surface area contributed by atoms with Gasteiger partial charge in [0.15, 0.2) is 16.9 Å². The lowest BCUT2D eigenvalue weighted by Crippen LogP contribution is -2.29. The molecule has 4 aromatic rings. The Morgan fingerprint density at radius 2 is 1.97 bits per heavy atom. The van der Waals surface area contributed by atoms with E-state index in [9.17, 15) is 14.7 Å². The quantitative estimate of drug-likeness (QED) is 0.405. The van der Waals surface area contributed by atoms with Crippen LogP contribution in [0.2, 0.25) is 0 Å². The first-order chi connectivity index (χ1) is 15.8. The summed E-state index contributed by atoms with van der Waals surface area (Å²) in [7, 11) is 1.44. The van der Waals surface area contributed by atoms with Gasteiger partial charge < -0.3 is 23.6 Å². The van der Waals surface area contributed by atoms with E-state index in [1.807, 2.05) is 19.9 Å². The van der Waals surface area contributed by atoms with Crippen molar-refractivity contribution in [2.75, 3.05) is 7.11 Å². The van der Waals surface area contributed by atoms with Crippen molar-refractivity contribution in [1.82, 2.24) is 4.90 Å². The predicted octanol–water partition coefficient (Wildman–Crippen LogP) is 5.22.